The number of oxazole rings is 1. The lowest BCUT2D eigenvalue weighted by atomic mass is 10.2. The van der Waals surface area contributed by atoms with Crippen molar-refractivity contribution in [3.63, 3.8) is 0 Å². The average Bonchev–Trinajstić information content (AvgIpc) is 2.56. The standard InChI is InChI=1S/C12H16N2O/c1-8-3-5-10-11(7-8)15-12(14-10)6-4-9(2)13/h3,5,7,9H,4,6,13H2,1-2H3. The van der Waals surface area contributed by atoms with Gasteiger partial charge in [-0.3, -0.25) is 0 Å². The molecule has 0 aliphatic heterocycles. The molecule has 0 spiro atoms. The van der Waals surface area contributed by atoms with Crippen LogP contribution in [-0.4, -0.2) is 11.0 Å². The molecule has 15 heavy (non-hydrogen) atoms. The van der Waals surface area contributed by atoms with Gasteiger partial charge >= 0.3 is 0 Å². The number of nitrogens with zero attached hydrogens (tertiary/aromatic N) is 1. The molecular weight excluding hydrogens is 188 g/mol. The summed E-state index contributed by atoms with van der Waals surface area (Å²) in [4.78, 5) is 4.40. The van der Waals surface area contributed by atoms with E-state index in [-0.39, 0.29) is 6.04 Å². The number of aryl methyl sites for hydroxylation is 2. The van der Waals surface area contributed by atoms with E-state index in [2.05, 4.69) is 4.98 Å². The molecule has 2 N–H and O–H groups in total. The molecule has 1 unspecified atom stereocenters. The zero-order chi connectivity index (χ0) is 10.8. The molecule has 0 amide bonds. The SMILES string of the molecule is Cc1ccc2nc(CCC(C)N)oc2c1. The lowest BCUT2D eigenvalue weighted by molar-refractivity contribution is 0.504. The first-order valence-corrected chi connectivity index (χ1v) is 5.27. The first-order valence-electron chi connectivity index (χ1n) is 5.27. The van der Waals surface area contributed by atoms with Gasteiger partial charge in [0.25, 0.3) is 0 Å². The maximum Gasteiger partial charge on any atom is 0.195 e. The number of nitrogens with two attached hydrogens (primary N) is 1. The molecule has 1 aromatic carbocycles. The zero-order valence-electron chi connectivity index (χ0n) is 9.16. The number of hydrogen-bond acceptors (Lipinski definition) is 3. The Kier molecular flexibility index (Phi) is 2.73. The summed E-state index contributed by atoms with van der Waals surface area (Å²) in [6, 6.07) is 6.24. The van der Waals surface area contributed by atoms with Crippen molar-refractivity contribution in [2.75, 3.05) is 0 Å². The highest BCUT2D eigenvalue weighted by Gasteiger charge is 2.06. The van der Waals surface area contributed by atoms with E-state index in [4.69, 9.17) is 10.2 Å². The Bertz CT molecular complexity index is 460. The fourth-order valence-electron chi connectivity index (χ4n) is 1.54. The van der Waals surface area contributed by atoms with Gasteiger partial charge in [-0.15, -0.1) is 0 Å². The van der Waals surface area contributed by atoms with Crippen molar-refractivity contribution < 1.29 is 4.42 Å². The highest BCUT2D eigenvalue weighted by atomic mass is 16.3. The molecule has 2 rings (SSSR count). The van der Waals surface area contributed by atoms with Gasteiger partial charge in [0.1, 0.15) is 5.52 Å². The minimum Gasteiger partial charge on any atom is -0.441 e. The van der Waals surface area contributed by atoms with Crippen molar-refractivity contribution in [1.29, 1.82) is 0 Å². The maximum absolute atomic E-state index is 5.69. The normalized spacial score (nSPS) is 13.3. The fraction of sp³-hybridized carbons (Fsp3) is 0.417. The van der Waals surface area contributed by atoms with Gasteiger partial charge in [0.05, 0.1) is 0 Å². The summed E-state index contributed by atoms with van der Waals surface area (Å²) in [7, 11) is 0. The lowest BCUT2D eigenvalue weighted by Gasteiger charge is -1.99. The highest BCUT2D eigenvalue weighted by Crippen LogP contribution is 2.17. The number of rotatable bonds is 3. The third kappa shape index (κ3) is 2.36. The van der Waals surface area contributed by atoms with Crippen molar-refractivity contribution in [3.8, 4) is 0 Å². The maximum atomic E-state index is 5.69. The van der Waals surface area contributed by atoms with Crippen LogP contribution in [0.5, 0.6) is 0 Å². The van der Waals surface area contributed by atoms with Gasteiger partial charge in [-0.2, -0.15) is 0 Å². The lowest BCUT2D eigenvalue weighted by Crippen LogP contribution is -2.15. The van der Waals surface area contributed by atoms with Gasteiger partial charge in [-0.25, -0.2) is 4.98 Å². The summed E-state index contributed by atoms with van der Waals surface area (Å²) in [6.07, 6.45) is 1.72. The van der Waals surface area contributed by atoms with Crippen LogP contribution in [0.3, 0.4) is 0 Å². The van der Waals surface area contributed by atoms with Crippen molar-refractivity contribution in [1.82, 2.24) is 4.98 Å². The monoisotopic (exact) mass is 204 g/mol. The second kappa shape index (κ2) is 4.03. The van der Waals surface area contributed by atoms with Crippen LogP contribution in [0.4, 0.5) is 0 Å². The molecular formula is C12H16N2O. The quantitative estimate of drug-likeness (QED) is 0.835. The van der Waals surface area contributed by atoms with Crippen molar-refractivity contribution >= 4 is 11.1 Å². The van der Waals surface area contributed by atoms with E-state index in [0.717, 1.165) is 29.8 Å². The third-order valence-electron chi connectivity index (χ3n) is 2.40. The summed E-state index contributed by atoms with van der Waals surface area (Å²) in [5.74, 6) is 0.785. The molecule has 80 valence electrons. The first kappa shape index (κ1) is 10.2. The molecule has 0 bridgehead atoms. The van der Waals surface area contributed by atoms with Crippen LogP contribution in [0.2, 0.25) is 0 Å². The molecule has 1 aromatic heterocycles. The molecule has 1 atom stereocenters. The van der Waals surface area contributed by atoms with Gasteiger partial charge < -0.3 is 10.2 Å². The second-order valence-corrected chi connectivity index (χ2v) is 4.09. The van der Waals surface area contributed by atoms with Crippen molar-refractivity contribution in [2.45, 2.75) is 32.7 Å². The first-order chi connectivity index (χ1) is 7.15. The van der Waals surface area contributed by atoms with Gasteiger partial charge in [-0.1, -0.05) is 6.07 Å². The van der Waals surface area contributed by atoms with Crippen LogP contribution < -0.4 is 5.73 Å². The van der Waals surface area contributed by atoms with E-state index in [9.17, 15) is 0 Å². The Labute approximate surface area is 89.3 Å². The molecule has 0 aliphatic rings. The fourth-order valence-corrected chi connectivity index (χ4v) is 1.54. The van der Waals surface area contributed by atoms with E-state index in [1.807, 2.05) is 32.0 Å². The van der Waals surface area contributed by atoms with Crippen LogP contribution in [-0.2, 0) is 6.42 Å². The smallest absolute Gasteiger partial charge is 0.195 e. The molecule has 0 aliphatic carbocycles. The van der Waals surface area contributed by atoms with Crippen LogP contribution in [0.25, 0.3) is 11.1 Å². The van der Waals surface area contributed by atoms with E-state index >= 15 is 0 Å². The molecule has 0 saturated carbocycles. The van der Waals surface area contributed by atoms with Crippen molar-refractivity contribution in [2.24, 2.45) is 5.73 Å². The summed E-state index contributed by atoms with van der Waals surface area (Å²) < 4.78 is 5.63. The Morgan fingerprint density at radius 1 is 1.47 bits per heavy atom. The van der Waals surface area contributed by atoms with Crippen LogP contribution in [0.15, 0.2) is 22.6 Å². The minimum absolute atomic E-state index is 0.196. The van der Waals surface area contributed by atoms with Gasteiger partial charge in [0.2, 0.25) is 0 Å². The van der Waals surface area contributed by atoms with Gasteiger partial charge in [0, 0.05) is 12.5 Å². The summed E-state index contributed by atoms with van der Waals surface area (Å²) in [6.45, 7) is 4.04. The van der Waals surface area contributed by atoms with Gasteiger partial charge in [0.15, 0.2) is 11.5 Å². The third-order valence-corrected chi connectivity index (χ3v) is 2.40. The number of aromatic nitrogens is 1. The topological polar surface area (TPSA) is 52.0 Å². The summed E-state index contributed by atoms with van der Waals surface area (Å²) >= 11 is 0. The largest absolute Gasteiger partial charge is 0.441 e. The average molecular weight is 204 g/mol. The Morgan fingerprint density at radius 2 is 2.27 bits per heavy atom. The number of fused-ring (bicyclic) bond motifs is 1. The second-order valence-electron chi connectivity index (χ2n) is 4.09. The zero-order valence-corrected chi connectivity index (χ0v) is 9.16. The number of benzene rings is 1. The molecule has 1 heterocycles. The molecule has 2 aromatic rings. The Hall–Kier alpha value is -1.35. The molecule has 0 saturated heterocycles. The summed E-state index contributed by atoms with van der Waals surface area (Å²) in [5, 5.41) is 0. The van der Waals surface area contributed by atoms with E-state index < -0.39 is 0 Å². The molecule has 0 fully saturated rings. The van der Waals surface area contributed by atoms with Crippen LogP contribution >= 0.6 is 0 Å². The summed E-state index contributed by atoms with van der Waals surface area (Å²) in [5.41, 5.74) is 8.68. The molecule has 0 radical (unpaired) electrons. The van der Waals surface area contributed by atoms with E-state index in [1.165, 1.54) is 5.56 Å². The molecule has 3 heteroatoms. The van der Waals surface area contributed by atoms with E-state index in [0.29, 0.717) is 0 Å². The van der Waals surface area contributed by atoms with Crippen molar-refractivity contribution in [3.05, 3.63) is 29.7 Å². The minimum atomic E-state index is 0.196. The van der Waals surface area contributed by atoms with Gasteiger partial charge in [-0.05, 0) is 38.0 Å². The number of hydrogen-bond donors (Lipinski definition) is 1. The van der Waals surface area contributed by atoms with E-state index in [1.54, 1.807) is 0 Å². The van der Waals surface area contributed by atoms with Crippen LogP contribution in [0.1, 0.15) is 24.8 Å². The molecule has 3 nitrogen and oxygen atoms in total. The van der Waals surface area contributed by atoms with Crippen LogP contribution in [0, 0.1) is 6.92 Å². The Balaban J connectivity index is 2.23. The predicted molar refractivity (Wildman–Crippen MR) is 60.7 cm³/mol. The Morgan fingerprint density at radius 3 is 3.00 bits per heavy atom. The predicted octanol–water partition coefficient (Wildman–Crippen LogP) is 2.42. The highest BCUT2D eigenvalue weighted by molar-refractivity contribution is 5.73.